The minimum absolute atomic E-state index is 0.109. The van der Waals surface area contributed by atoms with E-state index in [9.17, 15) is 0 Å². The summed E-state index contributed by atoms with van der Waals surface area (Å²) in [5, 5.41) is 6.33. The number of nitrogens with two attached hydrogens (primary N) is 1. The molecule has 1 unspecified atom stereocenters. The Bertz CT molecular complexity index is 705. The standard InChI is InChI=1S/C15H15N3O/c1-10(9-16)14-17-15(19-18-14)13-7-6-11-4-2-3-5-12(11)8-13/h2-8,10H,9,16H2,1H3. The minimum atomic E-state index is 0.109. The van der Waals surface area contributed by atoms with Crippen LogP contribution < -0.4 is 5.73 Å². The van der Waals surface area contributed by atoms with E-state index in [1.54, 1.807) is 0 Å². The van der Waals surface area contributed by atoms with E-state index >= 15 is 0 Å². The number of hydrogen-bond acceptors (Lipinski definition) is 4. The van der Waals surface area contributed by atoms with Crippen molar-refractivity contribution in [3.05, 3.63) is 48.3 Å². The zero-order valence-electron chi connectivity index (χ0n) is 10.7. The molecule has 3 rings (SSSR count). The van der Waals surface area contributed by atoms with Gasteiger partial charge in [0, 0.05) is 18.0 Å². The SMILES string of the molecule is CC(CN)c1noc(-c2ccc3ccccc3c2)n1. The molecular formula is C15H15N3O. The molecule has 0 bridgehead atoms. The van der Waals surface area contributed by atoms with Gasteiger partial charge >= 0.3 is 0 Å². The Labute approximate surface area is 111 Å². The maximum absolute atomic E-state index is 5.60. The molecule has 19 heavy (non-hydrogen) atoms. The molecule has 0 radical (unpaired) electrons. The summed E-state index contributed by atoms with van der Waals surface area (Å²) in [6, 6.07) is 14.3. The van der Waals surface area contributed by atoms with Gasteiger partial charge in [0.1, 0.15) is 0 Å². The Balaban J connectivity index is 2.01. The van der Waals surface area contributed by atoms with Crippen LogP contribution in [0, 0.1) is 0 Å². The molecule has 2 aromatic carbocycles. The molecule has 1 heterocycles. The minimum Gasteiger partial charge on any atom is -0.334 e. The summed E-state index contributed by atoms with van der Waals surface area (Å²) in [4.78, 5) is 4.40. The first-order valence-corrected chi connectivity index (χ1v) is 6.31. The normalized spacial score (nSPS) is 12.7. The van der Waals surface area contributed by atoms with E-state index in [-0.39, 0.29) is 5.92 Å². The lowest BCUT2D eigenvalue weighted by atomic mass is 10.1. The van der Waals surface area contributed by atoms with Gasteiger partial charge in [0.25, 0.3) is 5.89 Å². The van der Waals surface area contributed by atoms with Crippen LogP contribution in [0.3, 0.4) is 0 Å². The molecule has 0 amide bonds. The molecule has 0 aliphatic carbocycles. The smallest absolute Gasteiger partial charge is 0.257 e. The number of nitrogens with zero attached hydrogens (tertiary/aromatic N) is 2. The summed E-state index contributed by atoms with van der Waals surface area (Å²) in [5.74, 6) is 1.31. The molecule has 1 aromatic heterocycles. The fourth-order valence-electron chi connectivity index (χ4n) is 1.98. The lowest BCUT2D eigenvalue weighted by Gasteiger charge is -2.00. The van der Waals surface area contributed by atoms with Crippen LogP contribution in [0.1, 0.15) is 18.7 Å². The van der Waals surface area contributed by atoms with Gasteiger partial charge in [-0.25, -0.2) is 0 Å². The zero-order chi connectivity index (χ0) is 13.2. The molecule has 0 saturated carbocycles. The van der Waals surface area contributed by atoms with E-state index in [0.717, 1.165) is 10.9 Å². The van der Waals surface area contributed by atoms with Crippen molar-refractivity contribution in [2.24, 2.45) is 5.73 Å². The Morgan fingerprint density at radius 2 is 1.95 bits per heavy atom. The molecular weight excluding hydrogens is 238 g/mol. The van der Waals surface area contributed by atoms with Crippen LogP contribution in [0.2, 0.25) is 0 Å². The summed E-state index contributed by atoms with van der Waals surface area (Å²) in [6.45, 7) is 2.49. The second kappa shape index (κ2) is 4.82. The number of aromatic nitrogens is 2. The number of hydrogen-bond donors (Lipinski definition) is 1. The molecule has 0 fully saturated rings. The molecule has 0 aliphatic rings. The molecule has 0 spiro atoms. The van der Waals surface area contributed by atoms with Crippen molar-refractivity contribution in [1.82, 2.24) is 10.1 Å². The van der Waals surface area contributed by atoms with Crippen LogP contribution in [0.15, 0.2) is 47.0 Å². The van der Waals surface area contributed by atoms with E-state index < -0.39 is 0 Å². The molecule has 3 aromatic rings. The Morgan fingerprint density at radius 3 is 2.74 bits per heavy atom. The van der Waals surface area contributed by atoms with Crippen LogP contribution in [0.5, 0.6) is 0 Å². The van der Waals surface area contributed by atoms with Crippen LogP contribution in [0.25, 0.3) is 22.2 Å². The van der Waals surface area contributed by atoms with Crippen molar-refractivity contribution in [1.29, 1.82) is 0 Å². The van der Waals surface area contributed by atoms with Gasteiger partial charge in [-0.3, -0.25) is 0 Å². The molecule has 0 saturated heterocycles. The lowest BCUT2D eigenvalue weighted by molar-refractivity contribution is 0.418. The predicted octanol–water partition coefficient (Wildman–Crippen LogP) is 2.95. The van der Waals surface area contributed by atoms with Crippen LogP contribution >= 0.6 is 0 Å². The monoisotopic (exact) mass is 253 g/mol. The van der Waals surface area contributed by atoms with Crippen molar-refractivity contribution >= 4 is 10.8 Å². The van der Waals surface area contributed by atoms with E-state index in [0.29, 0.717) is 18.3 Å². The molecule has 96 valence electrons. The molecule has 4 heteroatoms. The second-order valence-electron chi connectivity index (χ2n) is 4.66. The molecule has 2 N–H and O–H groups in total. The van der Waals surface area contributed by atoms with Gasteiger partial charge in [-0.15, -0.1) is 0 Å². The quantitative estimate of drug-likeness (QED) is 0.779. The fourth-order valence-corrected chi connectivity index (χ4v) is 1.98. The van der Waals surface area contributed by atoms with Crippen molar-refractivity contribution in [2.75, 3.05) is 6.54 Å². The van der Waals surface area contributed by atoms with E-state index in [1.165, 1.54) is 5.39 Å². The largest absolute Gasteiger partial charge is 0.334 e. The van der Waals surface area contributed by atoms with Crippen molar-refractivity contribution in [3.8, 4) is 11.5 Å². The average Bonchev–Trinajstić information content (AvgIpc) is 2.95. The van der Waals surface area contributed by atoms with Gasteiger partial charge in [-0.1, -0.05) is 42.4 Å². The Morgan fingerprint density at radius 1 is 1.16 bits per heavy atom. The first kappa shape index (κ1) is 11.9. The van der Waals surface area contributed by atoms with Gasteiger partial charge in [0.15, 0.2) is 5.82 Å². The van der Waals surface area contributed by atoms with Crippen molar-refractivity contribution in [2.45, 2.75) is 12.8 Å². The number of rotatable bonds is 3. The second-order valence-corrected chi connectivity index (χ2v) is 4.66. The molecule has 0 aliphatic heterocycles. The van der Waals surface area contributed by atoms with Crippen molar-refractivity contribution < 1.29 is 4.52 Å². The molecule has 1 atom stereocenters. The Kier molecular flexibility index (Phi) is 3.01. The highest BCUT2D eigenvalue weighted by atomic mass is 16.5. The van der Waals surface area contributed by atoms with Gasteiger partial charge in [-0.2, -0.15) is 4.98 Å². The molecule has 4 nitrogen and oxygen atoms in total. The zero-order valence-corrected chi connectivity index (χ0v) is 10.7. The highest BCUT2D eigenvalue weighted by molar-refractivity contribution is 5.86. The van der Waals surface area contributed by atoms with Gasteiger partial charge in [0.2, 0.25) is 0 Å². The summed E-state index contributed by atoms with van der Waals surface area (Å²) in [7, 11) is 0. The summed E-state index contributed by atoms with van der Waals surface area (Å²) < 4.78 is 5.31. The summed E-state index contributed by atoms with van der Waals surface area (Å²) >= 11 is 0. The highest BCUT2D eigenvalue weighted by Crippen LogP contribution is 2.24. The topological polar surface area (TPSA) is 64.9 Å². The average molecular weight is 253 g/mol. The van der Waals surface area contributed by atoms with E-state index in [2.05, 4.69) is 34.4 Å². The third-order valence-corrected chi connectivity index (χ3v) is 3.23. The summed E-state index contributed by atoms with van der Waals surface area (Å²) in [6.07, 6.45) is 0. The van der Waals surface area contributed by atoms with Crippen LogP contribution in [-0.4, -0.2) is 16.7 Å². The van der Waals surface area contributed by atoms with E-state index in [4.69, 9.17) is 10.3 Å². The number of benzene rings is 2. The van der Waals surface area contributed by atoms with Gasteiger partial charge in [0.05, 0.1) is 0 Å². The first-order chi connectivity index (χ1) is 9.28. The van der Waals surface area contributed by atoms with Crippen molar-refractivity contribution in [3.63, 3.8) is 0 Å². The maximum atomic E-state index is 5.60. The third-order valence-electron chi connectivity index (χ3n) is 3.23. The highest BCUT2D eigenvalue weighted by Gasteiger charge is 2.13. The third kappa shape index (κ3) is 2.22. The fraction of sp³-hybridized carbons (Fsp3) is 0.200. The first-order valence-electron chi connectivity index (χ1n) is 6.31. The van der Waals surface area contributed by atoms with Gasteiger partial charge < -0.3 is 10.3 Å². The summed E-state index contributed by atoms with van der Waals surface area (Å²) in [5.41, 5.74) is 6.54. The van der Waals surface area contributed by atoms with Crippen LogP contribution in [0.4, 0.5) is 0 Å². The van der Waals surface area contributed by atoms with Gasteiger partial charge in [-0.05, 0) is 22.9 Å². The number of fused-ring (bicyclic) bond motifs is 1. The lowest BCUT2D eigenvalue weighted by Crippen LogP contribution is -2.10. The predicted molar refractivity (Wildman–Crippen MR) is 74.7 cm³/mol. The Hall–Kier alpha value is -2.20. The van der Waals surface area contributed by atoms with E-state index in [1.807, 2.05) is 25.1 Å². The van der Waals surface area contributed by atoms with Crippen LogP contribution in [-0.2, 0) is 0 Å². The maximum Gasteiger partial charge on any atom is 0.257 e.